The molecule has 0 N–H and O–H groups in total. The van der Waals surface area contributed by atoms with E-state index in [0.29, 0.717) is 13.2 Å². The molecule has 74 valence electrons. The zero-order valence-electron chi connectivity index (χ0n) is 8.27. The highest BCUT2D eigenvalue weighted by Gasteiger charge is 2.15. The molecule has 2 rings (SSSR count). The molecular weight excluding hydrogens is 176 g/mol. The molecule has 14 heavy (non-hydrogen) atoms. The summed E-state index contributed by atoms with van der Waals surface area (Å²) in [6.45, 7) is 3.44. The molecular formula is C12H14O2. The van der Waals surface area contributed by atoms with Gasteiger partial charge in [0.2, 0.25) is 0 Å². The molecule has 2 heteroatoms. The van der Waals surface area contributed by atoms with Crippen LogP contribution in [0.15, 0.2) is 42.0 Å². The van der Waals surface area contributed by atoms with Gasteiger partial charge >= 0.3 is 0 Å². The van der Waals surface area contributed by atoms with E-state index in [9.17, 15) is 0 Å². The van der Waals surface area contributed by atoms with Crippen LogP contribution in [0.25, 0.3) is 0 Å². The second-order valence-corrected chi connectivity index (χ2v) is 3.41. The van der Waals surface area contributed by atoms with E-state index in [0.717, 1.165) is 5.75 Å². The molecule has 0 saturated heterocycles. The molecule has 1 aromatic rings. The highest BCUT2D eigenvalue weighted by atomic mass is 16.5. The summed E-state index contributed by atoms with van der Waals surface area (Å²) in [4.78, 5) is 0. The Bertz CT molecular complexity index is 316. The average molecular weight is 190 g/mol. The predicted octanol–water partition coefficient (Wildman–Crippen LogP) is 2.41. The van der Waals surface area contributed by atoms with Gasteiger partial charge in [-0.2, -0.15) is 0 Å². The smallest absolute Gasteiger partial charge is 0.143 e. The number of ether oxygens (including phenoxy) is 2. The number of hydrogen-bond acceptors (Lipinski definition) is 2. The summed E-state index contributed by atoms with van der Waals surface area (Å²) in [7, 11) is 0. The van der Waals surface area contributed by atoms with Crippen LogP contribution in [0.4, 0.5) is 0 Å². The van der Waals surface area contributed by atoms with Crippen LogP contribution in [0.2, 0.25) is 0 Å². The number of hydrogen-bond donors (Lipinski definition) is 0. The summed E-state index contributed by atoms with van der Waals surface area (Å²) >= 11 is 0. The fourth-order valence-corrected chi connectivity index (χ4v) is 1.42. The zero-order valence-corrected chi connectivity index (χ0v) is 8.27. The van der Waals surface area contributed by atoms with Crippen LogP contribution in [0.3, 0.4) is 0 Å². The van der Waals surface area contributed by atoms with Crippen molar-refractivity contribution in [2.45, 2.75) is 13.0 Å². The van der Waals surface area contributed by atoms with Crippen molar-refractivity contribution < 1.29 is 9.47 Å². The lowest BCUT2D eigenvalue weighted by Gasteiger charge is -2.23. The first-order valence-corrected chi connectivity index (χ1v) is 4.82. The van der Waals surface area contributed by atoms with Gasteiger partial charge in [-0.25, -0.2) is 0 Å². The Balaban J connectivity index is 2.04. The van der Waals surface area contributed by atoms with Gasteiger partial charge < -0.3 is 9.47 Å². The summed E-state index contributed by atoms with van der Waals surface area (Å²) in [5.41, 5.74) is 1.25. The molecule has 1 unspecified atom stereocenters. The Labute approximate surface area is 84.2 Å². The maximum absolute atomic E-state index is 5.77. The van der Waals surface area contributed by atoms with Gasteiger partial charge in [0.05, 0.1) is 13.2 Å². The van der Waals surface area contributed by atoms with Crippen molar-refractivity contribution in [3.05, 3.63) is 42.0 Å². The number of rotatable bonds is 2. The third kappa shape index (κ3) is 2.15. The van der Waals surface area contributed by atoms with E-state index < -0.39 is 0 Å². The standard InChI is InChI=1S/C12H14O2/c1-10-7-8-13-9-12(10)14-11-5-3-2-4-6-11/h2-7,12H,8-9H2,1H3. The van der Waals surface area contributed by atoms with Crippen LogP contribution in [0, 0.1) is 0 Å². The van der Waals surface area contributed by atoms with Crippen molar-refractivity contribution >= 4 is 0 Å². The summed E-state index contributed by atoms with van der Waals surface area (Å²) in [5, 5.41) is 0. The molecule has 1 atom stereocenters. The van der Waals surface area contributed by atoms with E-state index >= 15 is 0 Å². The Morgan fingerprint density at radius 2 is 2.07 bits per heavy atom. The summed E-state index contributed by atoms with van der Waals surface area (Å²) < 4.78 is 11.1. The lowest BCUT2D eigenvalue weighted by Crippen LogP contribution is -2.28. The first-order valence-electron chi connectivity index (χ1n) is 4.82. The number of benzene rings is 1. The van der Waals surface area contributed by atoms with E-state index in [1.54, 1.807) is 0 Å². The van der Waals surface area contributed by atoms with E-state index in [4.69, 9.17) is 9.47 Å². The van der Waals surface area contributed by atoms with Crippen molar-refractivity contribution in [1.29, 1.82) is 0 Å². The Hall–Kier alpha value is -1.28. The molecule has 0 amide bonds. The zero-order chi connectivity index (χ0) is 9.80. The SMILES string of the molecule is CC1=CCOCC1Oc1ccccc1. The summed E-state index contributed by atoms with van der Waals surface area (Å²) in [5.74, 6) is 0.899. The van der Waals surface area contributed by atoms with Gasteiger partial charge in [0.1, 0.15) is 11.9 Å². The highest BCUT2D eigenvalue weighted by Crippen LogP contribution is 2.17. The molecule has 1 heterocycles. The van der Waals surface area contributed by atoms with Crippen LogP contribution in [0.5, 0.6) is 5.75 Å². The van der Waals surface area contributed by atoms with Gasteiger partial charge in [0.15, 0.2) is 0 Å². The Kier molecular flexibility index (Phi) is 2.84. The van der Waals surface area contributed by atoms with Crippen molar-refractivity contribution in [2.75, 3.05) is 13.2 Å². The monoisotopic (exact) mass is 190 g/mol. The second kappa shape index (κ2) is 4.29. The number of para-hydroxylation sites is 1. The quantitative estimate of drug-likeness (QED) is 0.667. The predicted molar refractivity (Wildman–Crippen MR) is 55.4 cm³/mol. The normalized spacial score (nSPS) is 21.5. The van der Waals surface area contributed by atoms with Gasteiger partial charge in [0.25, 0.3) is 0 Å². The van der Waals surface area contributed by atoms with E-state index in [-0.39, 0.29) is 6.10 Å². The molecule has 0 radical (unpaired) electrons. The minimum atomic E-state index is 0.0751. The third-order valence-electron chi connectivity index (χ3n) is 2.32. The van der Waals surface area contributed by atoms with Crippen LogP contribution in [-0.2, 0) is 4.74 Å². The summed E-state index contributed by atoms with van der Waals surface area (Å²) in [6.07, 6.45) is 2.14. The van der Waals surface area contributed by atoms with Gasteiger partial charge in [-0.15, -0.1) is 0 Å². The Morgan fingerprint density at radius 1 is 1.29 bits per heavy atom. The van der Waals surface area contributed by atoms with Gasteiger partial charge in [0, 0.05) is 0 Å². The maximum Gasteiger partial charge on any atom is 0.143 e. The molecule has 1 aliphatic rings. The molecule has 0 bridgehead atoms. The lowest BCUT2D eigenvalue weighted by atomic mass is 10.1. The molecule has 0 aromatic heterocycles. The summed E-state index contributed by atoms with van der Waals surface area (Å²) in [6, 6.07) is 9.84. The third-order valence-corrected chi connectivity index (χ3v) is 2.32. The topological polar surface area (TPSA) is 18.5 Å². The van der Waals surface area contributed by atoms with E-state index in [1.807, 2.05) is 30.3 Å². The van der Waals surface area contributed by atoms with Crippen LogP contribution in [0.1, 0.15) is 6.92 Å². The lowest BCUT2D eigenvalue weighted by molar-refractivity contribution is 0.0681. The van der Waals surface area contributed by atoms with Crippen molar-refractivity contribution in [1.82, 2.24) is 0 Å². The van der Waals surface area contributed by atoms with Gasteiger partial charge in [-0.3, -0.25) is 0 Å². The molecule has 0 fully saturated rings. The minimum Gasteiger partial charge on any atom is -0.484 e. The highest BCUT2D eigenvalue weighted by molar-refractivity contribution is 5.23. The molecule has 2 nitrogen and oxygen atoms in total. The molecule has 0 spiro atoms. The molecule has 0 saturated carbocycles. The minimum absolute atomic E-state index is 0.0751. The second-order valence-electron chi connectivity index (χ2n) is 3.41. The average Bonchev–Trinajstić information content (AvgIpc) is 2.23. The first-order chi connectivity index (χ1) is 6.86. The fourth-order valence-electron chi connectivity index (χ4n) is 1.42. The van der Waals surface area contributed by atoms with Crippen LogP contribution < -0.4 is 4.74 Å². The molecule has 0 aliphatic carbocycles. The molecule has 1 aliphatic heterocycles. The maximum atomic E-state index is 5.77. The van der Waals surface area contributed by atoms with Gasteiger partial charge in [-0.05, 0) is 24.6 Å². The van der Waals surface area contributed by atoms with Crippen molar-refractivity contribution in [3.8, 4) is 5.75 Å². The van der Waals surface area contributed by atoms with E-state index in [2.05, 4.69) is 13.0 Å². The van der Waals surface area contributed by atoms with E-state index in [1.165, 1.54) is 5.57 Å². The molecule has 1 aromatic carbocycles. The Morgan fingerprint density at radius 3 is 2.79 bits per heavy atom. The van der Waals surface area contributed by atoms with Crippen molar-refractivity contribution in [2.24, 2.45) is 0 Å². The largest absolute Gasteiger partial charge is 0.484 e. The fraction of sp³-hybridized carbons (Fsp3) is 0.333. The van der Waals surface area contributed by atoms with Crippen LogP contribution in [-0.4, -0.2) is 19.3 Å². The van der Waals surface area contributed by atoms with Crippen LogP contribution >= 0.6 is 0 Å². The van der Waals surface area contributed by atoms with Gasteiger partial charge in [-0.1, -0.05) is 24.3 Å². The van der Waals surface area contributed by atoms with Crippen molar-refractivity contribution in [3.63, 3.8) is 0 Å². The first kappa shape index (κ1) is 9.28.